The normalized spacial score (nSPS) is 20.0. The number of fused-ring (bicyclic) bond motifs is 1. The molecular formula is C16H21N3O3S. The molecule has 0 amide bonds. The molecule has 0 bridgehead atoms. The van der Waals surface area contributed by atoms with Gasteiger partial charge in [-0.05, 0) is 30.4 Å². The standard InChI is InChI=1S/C16H21N3O3S/c1-23(21)16-17-11-19(18-16)9-13(20)10-22-15-8-4-6-12-5-2-3-7-14(12)15/h2-3,5,7,11,13,15,20H,4,6,8-10H2,1H3. The number of aromatic nitrogens is 3. The second-order valence-electron chi connectivity index (χ2n) is 5.77. The lowest BCUT2D eigenvalue weighted by atomic mass is 9.89. The van der Waals surface area contributed by atoms with Crippen molar-refractivity contribution in [2.45, 2.75) is 43.2 Å². The highest BCUT2D eigenvalue weighted by Gasteiger charge is 2.21. The summed E-state index contributed by atoms with van der Waals surface area (Å²) in [6.07, 6.45) is 5.55. The number of ether oxygens (including phenoxy) is 1. The average molecular weight is 335 g/mol. The first kappa shape index (κ1) is 16.3. The minimum Gasteiger partial charge on any atom is -0.389 e. The molecule has 0 saturated carbocycles. The largest absolute Gasteiger partial charge is 0.389 e. The SMILES string of the molecule is CS(=O)c1ncn(CC(O)COC2CCCc3ccccc32)n1. The van der Waals surface area contributed by atoms with Gasteiger partial charge in [-0.3, -0.25) is 4.21 Å². The third-order valence-electron chi connectivity index (χ3n) is 3.97. The Hall–Kier alpha value is -1.57. The van der Waals surface area contributed by atoms with Gasteiger partial charge in [0.25, 0.3) is 0 Å². The van der Waals surface area contributed by atoms with Crippen LogP contribution in [0.25, 0.3) is 0 Å². The number of hydrogen-bond donors (Lipinski definition) is 1. The zero-order valence-corrected chi connectivity index (χ0v) is 13.9. The fraction of sp³-hybridized carbons (Fsp3) is 0.500. The molecule has 0 spiro atoms. The predicted octanol–water partition coefficient (Wildman–Crippen LogP) is 1.47. The summed E-state index contributed by atoms with van der Waals surface area (Å²) in [6, 6.07) is 8.32. The molecule has 0 aliphatic heterocycles. The second-order valence-corrected chi connectivity index (χ2v) is 7.04. The summed E-state index contributed by atoms with van der Waals surface area (Å²) in [7, 11) is -1.21. The Morgan fingerprint density at radius 3 is 3.09 bits per heavy atom. The lowest BCUT2D eigenvalue weighted by Crippen LogP contribution is -2.24. The molecule has 6 nitrogen and oxygen atoms in total. The van der Waals surface area contributed by atoms with E-state index in [9.17, 15) is 9.32 Å². The van der Waals surface area contributed by atoms with E-state index in [-0.39, 0.29) is 24.4 Å². The van der Waals surface area contributed by atoms with Crippen LogP contribution in [0.2, 0.25) is 0 Å². The molecular weight excluding hydrogens is 314 g/mol. The Morgan fingerprint density at radius 1 is 1.48 bits per heavy atom. The molecule has 23 heavy (non-hydrogen) atoms. The molecule has 1 N–H and O–H groups in total. The van der Waals surface area contributed by atoms with Crippen LogP contribution in [0.15, 0.2) is 35.7 Å². The first-order chi connectivity index (χ1) is 11.1. The van der Waals surface area contributed by atoms with Crippen LogP contribution in [0.4, 0.5) is 0 Å². The molecule has 1 aliphatic carbocycles. The second kappa shape index (κ2) is 7.33. The van der Waals surface area contributed by atoms with Crippen LogP contribution >= 0.6 is 0 Å². The van der Waals surface area contributed by atoms with Gasteiger partial charge in [0.1, 0.15) is 6.33 Å². The predicted molar refractivity (Wildman–Crippen MR) is 86.4 cm³/mol. The van der Waals surface area contributed by atoms with Crippen molar-refractivity contribution < 1.29 is 14.1 Å². The first-order valence-corrected chi connectivity index (χ1v) is 9.29. The fourth-order valence-electron chi connectivity index (χ4n) is 2.88. The van der Waals surface area contributed by atoms with Gasteiger partial charge in [-0.15, -0.1) is 5.10 Å². The topological polar surface area (TPSA) is 77.2 Å². The Bertz CT molecular complexity index is 689. The minimum atomic E-state index is -1.21. The monoisotopic (exact) mass is 335 g/mol. The van der Waals surface area contributed by atoms with Gasteiger partial charge in [0.15, 0.2) is 0 Å². The Balaban J connectivity index is 1.55. The minimum absolute atomic E-state index is 0.0454. The van der Waals surface area contributed by atoms with Crippen LogP contribution in [0, 0.1) is 0 Å². The number of hydrogen-bond acceptors (Lipinski definition) is 5. The van der Waals surface area contributed by atoms with Crippen LogP contribution < -0.4 is 0 Å². The zero-order chi connectivity index (χ0) is 16.2. The molecule has 2 aromatic rings. The molecule has 3 rings (SSSR count). The van der Waals surface area contributed by atoms with Crippen molar-refractivity contribution in [1.29, 1.82) is 0 Å². The van der Waals surface area contributed by atoms with E-state index in [4.69, 9.17) is 4.74 Å². The quantitative estimate of drug-likeness (QED) is 0.865. The van der Waals surface area contributed by atoms with Gasteiger partial charge in [0.05, 0.1) is 36.2 Å². The third kappa shape index (κ3) is 4.04. The van der Waals surface area contributed by atoms with Gasteiger partial charge >= 0.3 is 0 Å². The Kier molecular flexibility index (Phi) is 5.20. The Labute approximate surface area is 138 Å². The van der Waals surface area contributed by atoms with E-state index in [2.05, 4.69) is 28.3 Å². The van der Waals surface area contributed by atoms with E-state index in [0.717, 1.165) is 19.3 Å². The summed E-state index contributed by atoms with van der Waals surface area (Å²) >= 11 is 0. The van der Waals surface area contributed by atoms with Gasteiger partial charge in [-0.2, -0.15) is 0 Å². The maximum atomic E-state index is 11.3. The van der Waals surface area contributed by atoms with E-state index in [1.165, 1.54) is 28.4 Å². The van der Waals surface area contributed by atoms with Crippen LogP contribution in [0.5, 0.6) is 0 Å². The molecule has 7 heteroatoms. The summed E-state index contributed by atoms with van der Waals surface area (Å²) in [5.74, 6) is 0. The number of nitrogens with zero attached hydrogens (tertiary/aromatic N) is 3. The average Bonchev–Trinajstić information content (AvgIpc) is 3.01. The number of aliphatic hydroxyl groups excluding tert-OH is 1. The van der Waals surface area contributed by atoms with Crippen molar-refractivity contribution in [1.82, 2.24) is 14.8 Å². The van der Waals surface area contributed by atoms with Gasteiger partial charge in [-0.25, -0.2) is 9.67 Å². The number of aryl methyl sites for hydroxylation is 1. The summed E-state index contributed by atoms with van der Waals surface area (Å²) in [4.78, 5) is 3.95. The molecule has 3 unspecified atom stereocenters. The van der Waals surface area contributed by atoms with Crippen molar-refractivity contribution in [3.8, 4) is 0 Å². The van der Waals surface area contributed by atoms with Gasteiger partial charge in [-0.1, -0.05) is 24.3 Å². The highest BCUT2D eigenvalue weighted by molar-refractivity contribution is 7.84. The summed E-state index contributed by atoms with van der Waals surface area (Å²) < 4.78 is 18.7. The van der Waals surface area contributed by atoms with E-state index in [1.54, 1.807) is 0 Å². The summed E-state index contributed by atoms with van der Waals surface area (Å²) in [5, 5.41) is 14.5. The number of aliphatic hydroxyl groups is 1. The van der Waals surface area contributed by atoms with Crippen molar-refractivity contribution in [2.75, 3.05) is 12.9 Å². The fourth-order valence-corrected chi connectivity index (χ4v) is 3.29. The van der Waals surface area contributed by atoms with E-state index in [1.807, 2.05) is 6.07 Å². The molecule has 0 radical (unpaired) electrons. The van der Waals surface area contributed by atoms with E-state index in [0.29, 0.717) is 0 Å². The highest BCUT2D eigenvalue weighted by atomic mass is 32.2. The lowest BCUT2D eigenvalue weighted by molar-refractivity contribution is -0.0236. The van der Waals surface area contributed by atoms with Crippen molar-refractivity contribution >= 4 is 10.8 Å². The third-order valence-corrected chi connectivity index (χ3v) is 4.68. The smallest absolute Gasteiger partial charge is 0.238 e. The van der Waals surface area contributed by atoms with Crippen molar-refractivity contribution in [2.24, 2.45) is 0 Å². The lowest BCUT2D eigenvalue weighted by Gasteiger charge is -2.26. The summed E-state index contributed by atoms with van der Waals surface area (Å²) in [6.45, 7) is 0.516. The molecule has 1 aliphatic rings. The zero-order valence-electron chi connectivity index (χ0n) is 13.1. The summed E-state index contributed by atoms with van der Waals surface area (Å²) in [5.41, 5.74) is 2.57. The molecule has 1 heterocycles. The van der Waals surface area contributed by atoms with Gasteiger partial charge < -0.3 is 9.84 Å². The maximum Gasteiger partial charge on any atom is 0.238 e. The van der Waals surface area contributed by atoms with Crippen LogP contribution in [-0.4, -0.2) is 43.0 Å². The van der Waals surface area contributed by atoms with Gasteiger partial charge in [0.2, 0.25) is 5.16 Å². The highest BCUT2D eigenvalue weighted by Crippen LogP contribution is 2.32. The van der Waals surface area contributed by atoms with Crippen LogP contribution in [-0.2, 0) is 28.5 Å². The molecule has 1 aromatic heterocycles. The van der Waals surface area contributed by atoms with E-state index >= 15 is 0 Å². The van der Waals surface area contributed by atoms with E-state index < -0.39 is 16.9 Å². The van der Waals surface area contributed by atoms with Crippen molar-refractivity contribution in [3.05, 3.63) is 41.7 Å². The van der Waals surface area contributed by atoms with Crippen molar-refractivity contribution in [3.63, 3.8) is 0 Å². The van der Waals surface area contributed by atoms with Crippen LogP contribution in [0.1, 0.15) is 30.1 Å². The number of rotatable bonds is 6. The molecule has 0 saturated heterocycles. The maximum absolute atomic E-state index is 11.3. The Morgan fingerprint density at radius 2 is 2.30 bits per heavy atom. The molecule has 0 fully saturated rings. The van der Waals surface area contributed by atoms with Gasteiger partial charge in [0, 0.05) is 6.26 Å². The van der Waals surface area contributed by atoms with Crippen LogP contribution in [0.3, 0.4) is 0 Å². The molecule has 124 valence electrons. The molecule has 3 atom stereocenters. The number of benzene rings is 1. The molecule has 1 aromatic carbocycles. The first-order valence-electron chi connectivity index (χ1n) is 7.74.